The average molecular weight is 347 g/mol. The van der Waals surface area contributed by atoms with Crippen molar-refractivity contribution in [3.8, 4) is 11.1 Å². The van der Waals surface area contributed by atoms with E-state index in [1.54, 1.807) is 43.3 Å². The highest BCUT2D eigenvalue weighted by atomic mass is 32.2. The highest BCUT2D eigenvalue weighted by molar-refractivity contribution is 7.92. The third-order valence-corrected chi connectivity index (χ3v) is 4.94. The summed E-state index contributed by atoms with van der Waals surface area (Å²) in [6, 6.07) is 12.8. The van der Waals surface area contributed by atoms with Gasteiger partial charge < -0.3 is 10.5 Å². The molecule has 2 rings (SSSR count). The molecule has 0 unspecified atom stereocenters. The fourth-order valence-corrected chi connectivity index (χ4v) is 3.23. The summed E-state index contributed by atoms with van der Waals surface area (Å²) in [5.41, 5.74) is 7.18. The number of rotatable bonds is 6. The number of nitrogens with two attached hydrogens (primary N) is 1. The predicted molar refractivity (Wildman–Crippen MR) is 89.1 cm³/mol. The summed E-state index contributed by atoms with van der Waals surface area (Å²) in [5, 5.41) is 0. The van der Waals surface area contributed by atoms with E-state index in [0.29, 0.717) is 5.56 Å². The molecule has 0 radical (unpaired) electrons. The van der Waals surface area contributed by atoms with Crippen LogP contribution >= 0.6 is 0 Å². The number of primary amides is 1. The second-order valence-corrected chi connectivity index (χ2v) is 7.02. The average Bonchev–Trinajstić information content (AvgIpc) is 2.55. The lowest BCUT2D eigenvalue weighted by atomic mass is 10.0. The Bertz CT molecular complexity index is 840. The number of ether oxygens (including phenoxy) is 1. The predicted octanol–water partition coefficient (Wildman–Crippen LogP) is 1.79. The molecule has 0 fully saturated rings. The number of esters is 1. The van der Waals surface area contributed by atoms with Gasteiger partial charge in [-0.15, -0.1) is 0 Å². The van der Waals surface area contributed by atoms with E-state index in [1.807, 2.05) is 0 Å². The van der Waals surface area contributed by atoms with Crippen molar-refractivity contribution in [3.63, 3.8) is 0 Å². The van der Waals surface area contributed by atoms with Crippen LogP contribution in [0.4, 0.5) is 0 Å². The summed E-state index contributed by atoms with van der Waals surface area (Å²) in [6.07, 6.45) is 0. The summed E-state index contributed by atoms with van der Waals surface area (Å²) in [7, 11) is -3.73. The topological polar surface area (TPSA) is 104 Å². The third-order valence-electron chi connectivity index (χ3n) is 3.33. The number of benzene rings is 2. The molecule has 0 aliphatic rings. The van der Waals surface area contributed by atoms with Gasteiger partial charge in [0.2, 0.25) is 5.91 Å². The number of hydrogen-bond donors (Lipinski definition) is 1. The van der Waals surface area contributed by atoms with Gasteiger partial charge in [-0.25, -0.2) is 8.42 Å². The molecule has 2 aromatic carbocycles. The molecule has 24 heavy (non-hydrogen) atoms. The van der Waals surface area contributed by atoms with Gasteiger partial charge in [0.15, 0.2) is 15.6 Å². The Morgan fingerprint density at radius 1 is 0.958 bits per heavy atom. The van der Waals surface area contributed by atoms with Crippen molar-refractivity contribution in [2.45, 2.75) is 11.8 Å². The van der Waals surface area contributed by atoms with E-state index in [2.05, 4.69) is 4.74 Å². The highest BCUT2D eigenvalue weighted by Gasteiger charge is 2.20. The van der Waals surface area contributed by atoms with Gasteiger partial charge in [-0.2, -0.15) is 0 Å². The Kier molecular flexibility index (Phi) is 5.35. The second-order valence-electron chi connectivity index (χ2n) is 5.03. The van der Waals surface area contributed by atoms with Crippen LogP contribution in [0.1, 0.15) is 17.3 Å². The molecule has 0 atom stereocenters. The Labute approximate surface area is 140 Å². The van der Waals surface area contributed by atoms with E-state index < -0.39 is 27.5 Å². The van der Waals surface area contributed by atoms with Crippen LogP contribution in [0.2, 0.25) is 0 Å². The van der Waals surface area contributed by atoms with Crippen molar-refractivity contribution >= 4 is 21.7 Å². The summed E-state index contributed by atoms with van der Waals surface area (Å²) >= 11 is 0. The minimum absolute atomic E-state index is 0.0491. The third kappa shape index (κ3) is 4.20. The molecule has 0 aromatic heterocycles. The lowest BCUT2D eigenvalue weighted by Crippen LogP contribution is -2.18. The lowest BCUT2D eigenvalue weighted by Gasteiger charge is -2.07. The highest BCUT2D eigenvalue weighted by Crippen LogP contribution is 2.22. The zero-order chi connectivity index (χ0) is 17.7. The van der Waals surface area contributed by atoms with Gasteiger partial charge in [-0.05, 0) is 42.3 Å². The van der Waals surface area contributed by atoms with Crippen LogP contribution in [0.15, 0.2) is 53.4 Å². The van der Waals surface area contributed by atoms with Crippen LogP contribution in [-0.4, -0.2) is 32.7 Å². The van der Waals surface area contributed by atoms with Gasteiger partial charge in [0, 0.05) is 5.56 Å². The van der Waals surface area contributed by atoms with Gasteiger partial charge in [-0.3, -0.25) is 9.59 Å². The molecular formula is C17H17NO5S. The van der Waals surface area contributed by atoms with Gasteiger partial charge in [0.05, 0.1) is 11.5 Å². The fraction of sp³-hybridized carbons (Fsp3) is 0.176. The first-order valence-corrected chi connectivity index (χ1v) is 8.87. The van der Waals surface area contributed by atoms with E-state index in [9.17, 15) is 18.0 Å². The van der Waals surface area contributed by atoms with E-state index >= 15 is 0 Å². The van der Waals surface area contributed by atoms with Crippen LogP contribution in [0.3, 0.4) is 0 Å². The van der Waals surface area contributed by atoms with Crippen molar-refractivity contribution in [1.82, 2.24) is 0 Å². The Morgan fingerprint density at radius 3 is 1.92 bits per heavy atom. The SMILES string of the molecule is CCOC(=O)CS(=O)(=O)c1ccc(-c2ccc(C(N)=O)cc2)cc1. The van der Waals surface area contributed by atoms with Crippen LogP contribution in [0, 0.1) is 0 Å². The monoisotopic (exact) mass is 347 g/mol. The standard InChI is InChI=1S/C17H17NO5S/c1-2-23-16(19)11-24(21,22)15-9-7-13(8-10-15)12-3-5-14(6-4-12)17(18)20/h3-10H,2,11H2,1H3,(H2,18,20). The van der Waals surface area contributed by atoms with Crippen molar-refractivity contribution in [1.29, 1.82) is 0 Å². The van der Waals surface area contributed by atoms with Gasteiger partial charge in [-0.1, -0.05) is 24.3 Å². The van der Waals surface area contributed by atoms with Crippen LogP contribution in [0.25, 0.3) is 11.1 Å². The molecule has 1 amide bonds. The van der Waals surface area contributed by atoms with Crippen LogP contribution < -0.4 is 5.73 Å². The Balaban J connectivity index is 2.21. The first kappa shape index (κ1) is 17.7. The molecule has 0 aliphatic carbocycles. The van der Waals surface area contributed by atoms with E-state index in [1.165, 1.54) is 12.1 Å². The molecule has 7 heteroatoms. The minimum atomic E-state index is -3.73. The zero-order valence-electron chi connectivity index (χ0n) is 13.1. The van der Waals surface area contributed by atoms with Crippen molar-refractivity contribution < 1.29 is 22.7 Å². The molecule has 0 saturated heterocycles. The van der Waals surface area contributed by atoms with Gasteiger partial charge >= 0.3 is 5.97 Å². The number of sulfone groups is 1. The van der Waals surface area contributed by atoms with Gasteiger partial charge in [0.1, 0.15) is 0 Å². The maximum absolute atomic E-state index is 12.1. The largest absolute Gasteiger partial charge is 0.465 e. The van der Waals surface area contributed by atoms with Crippen molar-refractivity contribution in [3.05, 3.63) is 54.1 Å². The molecule has 126 valence electrons. The number of carbonyl (C=O) groups is 2. The summed E-state index contributed by atoms with van der Waals surface area (Å²) in [4.78, 5) is 22.5. The second kappa shape index (κ2) is 7.27. The normalized spacial score (nSPS) is 11.0. The fourth-order valence-electron chi connectivity index (χ4n) is 2.12. The molecule has 2 aromatic rings. The van der Waals surface area contributed by atoms with Gasteiger partial charge in [0.25, 0.3) is 0 Å². The molecule has 2 N–H and O–H groups in total. The first-order valence-electron chi connectivity index (χ1n) is 7.22. The van der Waals surface area contributed by atoms with E-state index in [-0.39, 0.29) is 11.5 Å². The van der Waals surface area contributed by atoms with E-state index in [0.717, 1.165) is 11.1 Å². The smallest absolute Gasteiger partial charge is 0.321 e. The molecule has 0 bridgehead atoms. The Morgan fingerprint density at radius 2 is 1.46 bits per heavy atom. The quantitative estimate of drug-likeness (QED) is 0.802. The lowest BCUT2D eigenvalue weighted by molar-refractivity contribution is -0.139. The number of hydrogen-bond acceptors (Lipinski definition) is 5. The Hall–Kier alpha value is -2.67. The minimum Gasteiger partial charge on any atom is -0.465 e. The first-order chi connectivity index (χ1) is 11.3. The molecule has 0 spiro atoms. The molecule has 0 saturated carbocycles. The maximum Gasteiger partial charge on any atom is 0.321 e. The maximum atomic E-state index is 12.1. The number of amides is 1. The van der Waals surface area contributed by atoms with Crippen LogP contribution in [-0.2, 0) is 19.4 Å². The summed E-state index contributed by atoms with van der Waals surface area (Å²) in [5.74, 6) is -1.97. The molecular weight excluding hydrogens is 330 g/mol. The zero-order valence-corrected chi connectivity index (χ0v) is 13.9. The van der Waals surface area contributed by atoms with Crippen molar-refractivity contribution in [2.24, 2.45) is 5.73 Å². The summed E-state index contributed by atoms with van der Waals surface area (Å²) < 4.78 is 28.9. The summed E-state index contributed by atoms with van der Waals surface area (Å²) in [6.45, 7) is 1.75. The van der Waals surface area contributed by atoms with Crippen molar-refractivity contribution in [2.75, 3.05) is 12.4 Å². The molecule has 6 nitrogen and oxygen atoms in total. The van der Waals surface area contributed by atoms with Crippen LogP contribution in [0.5, 0.6) is 0 Å². The molecule has 0 heterocycles. The molecule has 0 aliphatic heterocycles. The van der Waals surface area contributed by atoms with E-state index in [4.69, 9.17) is 5.73 Å². The number of carbonyl (C=O) groups excluding carboxylic acids is 2.